The van der Waals surface area contributed by atoms with Gasteiger partial charge in [-0.1, -0.05) is 82.8 Å². The number of hydrogen-bond donors (Lipinski definition) is 8. The van der Waals surface area contributed by atoms with E-state index in [0.29, 0.717) is 95.3 Å². The van der Waals surface area contributed by atoms with Crippen LogP contribution in [0.1, 0.15) is 40.7 Å². The molecule has 30 heteroatoms. The predicted molar refractivity (Wildman–Crippen MR) is 434 cm³/mol. The lowest BCUT2D eigenvalue weighted by Gasteiger charge is -2.34. The number of anilines is 13. The summed E-state index contributed by atoms with van der Waals surface area (Å²) in [6.45, 7) is 20.2. The van der Waals surface area contributed by atoms with E-state index in [9.17, 15) is 18.5 Å². The van der Waals surface area contributed by atoms with Gasteiger partial charge in [0, 0.05) is 78.5 Å². The minimum Gasteiger partial charge on any atom is -0.495 e. The maximum absolute atomic E-state index is 12.9. The van der Waals surface area contributed by atoms with Crippen LogP contribution >= 0.6 is 56.2 Å². The van der Waals surface area contributed by atoms with E-state index in [0.717, 1.165) is 110 Å². The van der Waals surface area contributed by atoms with Gasteiger partial charge in [-0.25, -0.2) is 15.0 Å². The number of aromatic nitrogens is 6. The van der Waals surface area contributed by atoms with Crippen LogP contribution in [0.2, 0.25) is 15.1 Å². The fourth-order valence-corrected chi connectivity index (χ4v) is 15.8. The lowest BCUT2D eigenvalue weighted by molar-refractivity contribution is 0.0929. The van der Waals surface area contributed by atoms with Gasteiger partial charge in [-0.05, 0) is 183 Å². The highest BCUT2D eigenvalue weighted by atomic mass is 35.5. The summed E-state index contributed by atoms with van der Waals surface area (Å²) in [5, 5.41) is 28.9. The van der Waals surface area contributed by atoms with Crippen LogP contribution in [0.5, 0.6) is 17.2 Å². The van der Waals surface area contributed by atoms with Crippen molar-refractivity contribution in [3.8, 4) is 17.2 Å². The van der Waals surface area contributed by atoms with Gasteiger partial charge in [0.1, 0.15) is 53.7 Å². The van der Waals surface area contributed by atoms with Crippen LogP contribution < -0.4 is 77.6 Å². The molecule has 0 saturated carbocycles. The molecule has 105 heavy (non-hydrogen) atoms. The number of piperidine rings is 1. The van der Waals surface area contributed by atoms with Gasteiger partial charge in [0.15, 0.2) is 17.5 Å². The van der Waals surface area contributed by atoms with E-state index in [1.807, 2.05) is 97.9 Å². The Bertz CT molecular complexity index is 4760. The molecule has 0 radical (unpaired) electrons. The van der Waals surface area contributed by atoms with Crippen molar-refractivity contribution >= 4 is 159 Å². The number of piperazine rings is 1. The number of likely N-dealkylation sites (N-methyl/N-ethyl adjacent to an activating group) is 2. The van der Waals surface area contributed by atoms with Crippen molar-refractivity contribution in [1.29, 1.82) is 0 Å². The van der Waals surface area contributed by atoms with Gasteiger partial charge in [-0.2, -0.15) is 15.0 Å². The maximum Gasteiger partial charge on any atom is 0.251 e. The molecule has 0 bridgehead atoms. The van der Waals surface area contributed by atoms with Gasteiger partial charge >= 0.3 is 0 Å². The molecule has 12 rings (SSSR count). The van der Waals surface area contributed by atoms with Crippen molar-refractivity contribution in [3.63, 3.8) is 0 Å². The van der Waals surface area contributed by atoms with Crippen LogP contribution in [0.3, 0.4) is 0 Å². The van der Waals surface area contributed by atoms with E-state index < -0.39 is 21.4 Å². The van der Waals surface area contributed by atoms with Gasteiger partial charge in [0.2, 0.25) is 17.8 Å². The number of benzene rings is 6. The molecule has 0 spiro atoms. The molecule has 24 nitrogen and oxygen atoms in total. The predicted octanol–water partition coefficient (Wildman–Crippen LogP) is 14.9. The molecular weight excluding hydrogens is 1450 g/mol. The monoisotopic (exact) mass is 1540 g/mol. The molecular formula is C75H91Cl3N17O7P3. The van der Waals surface area contributed by atoms with Crippen molar-refractivity contribution in [3.05, 3.63) is 178 Å². The van der Waals surface area contributed by atoms with Gasteiger partial charge in [0.25, 0.3) is 5.91 Å². The zero-order valence-corrected chi connectivity index (χ0v) is 66.0. The Morgan fingerprint density at radius 2 is 0.952 bits per heavy atom. The number of nitrogens with one attached hydrogen (secondary N) is 8. The number of para-hydroxylation sites is 2. The van der Waals surface area contributed by atoms with Crippen LogP contribution in [0.4, 0.5) is 75.1 Å². The first-order valence-corrected chi connectivity index (χ1v) is 43.1. The minimum absolute atomic E-state index is 0.135. The first kappa shape index (κ1) is 78.8. The number of aryl methyl sites for hydroxylation is 1. The van der Waals surface area contributed by atoms with Crippen molar-refractivity contribution < 1.29 is 32.7 Å². The van der Waals surface area contributed by atoms with Crippen molar-refractivity contribution in [2.24, 2.45) is 0 Å². The Kier molecular flexibility index (Phi) is 26.7. The fraction of sp³-hybridized carbons (Fsp3) is 0.320. The first-order valence-electron chi connectivity index (χ1n) is 34.1. The summed E-state index contributed by atoms with van der Waals surface area (Å²) in [5.74, 6) is 3.98. The molecule has 0 atom stereocenters. The lowest BCUT2D eigenvalue weighted by Crippen LogP contribution is -2.44. The Hall–Kier alpha value is -8.79. The van der Waals surface area contributed by atoms with Crippen LogP contribution in [0, 0.1) is 6.92 Å². The Balaban J connectivity index is 0.000000169. The molecule has 2 fully saturated rings. The third kappa shape index (κ3) is 21.5. The summed E-state index contributed by atoms with van der Waals surface area (Å²) >= 11 is 19.1. The average Bonchev–Trinajstić information content (AvgIpc) is 0.809. The number of amides is 1. The van der Waals surface area contributed by atoms with E-state index in [4.69, 9.17) is 49.0 Å². The molecule has 3 aliphatic heterocycles. The zero-order chi connectivity index (χ0) is 75.2. The van der Waals surface area contributed by atoms with Crippen LogP contribution in [-0.2, 0) is 13.7 Å². The molecule has 0 aliphatic carbocycles. The topological polar surface area (TPSA) is 279 Å². The highest BCUT2D eigenvalue weighted by molar-refractivity contribution is 7.71. The number of rotatable bonds is 22. The highest BCUT2D eigenvalue weighted by Crippen LogP contribution is 2.43. The number of carbonyl (C=O) groups is 1. The van der Waals surface area contributed by atoms with Crippen molar-refractivity contribution in [2.45, 2.75) is 32.2 Å². The van der Waals surface area contributed by atoms with Crippen LogP contribution in [0.25, 0.3) is 5.57 Å². The quantitative estimate of drug-likeness (QED) is 0.0293. The van der Waals surface area contributed by atoms with Gasteiger partial charge < -0.3 is 85.1 Å². The second kappa shape index (κ2) is 35.5. The van der Waals surface area contributed by atoms with Gasteiger partial charge in [-0.15, -0.1) is 0 Å². The summed E-state index contributed by atoms with van der Waals surface area (Å²) in [7, 11) is 1.56. The van der Waals surface area contributed by atoms with E-state index in [2.05, 4.69) is 119 Å². The van der Waals surface area contributed by atoms with Crippen molar-refractivity contribution in [2.75, 3.05) is 165 Å². The van der Waals surface area contributed by atoms with Gasteiger partial charge in [-0.3, -0.25) is 4.79 Å². The maximum atomic E-state index is 12.9. The molecule has 8 N–H and O–H groups in total. The number of methoxy groups -OCH3 is 3. The SMILES string of the molecule is COc1cc(C(=O)NC2CCNCC2)ccc1Nc1ncc(Cl)c(Nc2ccccc2P(C)(C)=O)n1.COc1cc(C2=CCN(C)CC2)ccc1Nc1ncc(Cl)c(Nc2ccccc2P(C)(C)=O)n1.COc1cc(N2CCN(C)CC2)ccc1Nc1ncc(Cl)c(Nc2ccc(C)cc2P(C)(C)=O)n1. The summed E-state index contributed by atoms with van der Waals surface area (Å²) < 4.78 is 55.1. The van der Waals surface area contributed by atoms with E-state index in [1.54, 1.807) is 72.4 Å². The summed E-state index contributed by atoms with van der Waals surface area (Å²) in [6, 6.07) is 38.1. The number of carbonyl (C=O) groups excluding carboxylic acids is 1. The van der Waals surface area contributed by atoms with Crippen LogP contribution in [-0.4, -0.2) is 179 Å². The molecule has 9 aromatic rings. The summed E-state index contributed by atoms with van der Waals surface area (Å²) in [6.07, 6.45) is 9.63. The standard InChI is InChI=1S/C25H30ClN6O3P.C25H32ClN6O2P.C25H29ClN5O2P/c1-35-21-14-16(24(33)29-17-10-12-27-13-11-17)8-9-19(21)31-25-28-15-18(26)23(32-25)30-20-6-4-5-7-22(20)36(2,3)34;1-17-6-8-21(23(14-17)35(4,5)33)28-24-19(26)16-27-25(30-24)29-20-9-7-18(15-22(20)34-3)32-12-10-31(2)11-13-32;1-31-13-11-17(12-14-31)18-9-10-20(22(15-18)33-2)29-25-27-16-19(26)24(30-25)28-21-7-5-6-8-23(21)34(3,4)32/h4-9,14-15,17,27H,10-13H2,1-3H3,(H,29,33)(H2,28,30,31,32);6-9,14-16H,10-13H2,1-5H3,(H2,27,28,29,30);5-11,15-16H,12-14H2,1-4H3,(H2,27,28,29,30). The number of hydrogen-bond acceptors (Lipinski definition) is 23. The number of ether oxygens (including phenoxy) is 3. The average molecular weight is 1540 g/mol. The summed E-state index contributed by atoms with van der Waals surface area (Å²) in [4.78, 5) is 46.3. The third-order valence-electron chi connectivity index (χ3n) is 17.6. The Morgan fingerprint density at radius 1 is 0.505 bits per heavy atom. The zero-order valence-electron chi connectivity index (χ0n) is 61.1. The molecule has 1 amide bonds. The molecule has 3 aliphatic rings. The van der Waals surface area contributed by atoms with Crippen LogP contribution in [0.15, 0.2) is 146 Å². The first-order chi connectivity index (χ1) is 50.1. The second-order valence-corrected chi connectivity index (χ2v) is 37.5. The summed E-state index contributed by atoms with van der Waals surface area (Å²) in [5.41, 5.74) is 9.32. The number of nitrogens with zero attached hydrogens (tertiary/aromatic N) is 9. The molecule has 554 valence electrons. The lowest BCUT2D eigenvalue weighted by atomic mass is 9.99. The fourth-order valence-electron chi connectivity index (χ4n) is 11.8. The third-order valence-corrected chi connectivity index (χ3v) is 23.1. The molecule has 6 aromatic carbocycles. The van der Waals surface area contributed by atoms with E-state index in [-0.39, 0.29) is 17.9 Å². The molecule has 3 aromatic heterocycles. The van der Waals surface area contributed by atoms with E-state index >= 15 is 0 Å². The highest BCUT2D eigenvalue weighted by Gasteiger charge is 2.24. The molecule has 6 heterocycles. The normalized spacial score (nSPS) is 14.4. The molecule has 0 unspecified atom stereocenters. The Labute approximate surface area is 629 Å². The molecule has 2 saturated heterocycles. The van der Waals surface area contributed by atoms with E-state index in [1.165, 1.54) is 31.3 Å². The second-order valence-electron chi connectivity index (χ2n) is 26.8. The largest absolute Gasteiger partial charge is 0.495 e. The smallest absolute Gasteiger partial charge is 0.251 e. The van der Waals surface area contributed by atoms with Crippen molar-refractivity contribution in [1.82, 2.24) is 50.3 Å². The minimum atomic E-state index is -2.53. The Morgan fingerprint density at radius 3 is 1.43 bits per heavy atom. The van der Waals surface area contributed by atoms with Gasteiger partial charge in [0.05, 0.1) is 74.0 Å². The number of halogens is 3.